The third-order valence-corrected chi connectivity index (χ3v) is 2.10. The molecule has 0 amide bonds. The summed E-state index contributed by atoms with van der Waals surface area (Å²) in [6, 6.07) is 0. The van der Waals surface area contributed by atoms with Gasteiger partial charge in [-0.05, 0) is 26.2 Å². The Morgan fingerprint density at radius 2 is 2.36 bits per heavy atom. The topological polar surface area (TPSA) is 26.3 Å². The van der Waals surface area contributed by atoms with Gasteiger partial charge in [0.15, 0.2) is 0 Å². The third kappa shape index (κ3) is 1.62. The molecule has 0 unspecified atom stereocenters. The summed E-state index contributed by atoms with van der Waals surface area (Å²) in [6.07, 6.45) is 4.51. The Bertz CT molecular complexity index is 168. The van der Waals surface area contributed by atoms with Crippen LogP contribution in [-0.4, -0.2) is 12.6 Å². The number of hydrogen-bond donors (Lipinski definition) is 0. The van der Waals surface area contributed by atoms with Crippen LogP contribution in [0.2, 0.25) is 0 Å². The molecule has 1 saturated carbocycles. The molecule has 2 nitrogen and oxygen atoms in total. The van der Waals surface area contributed by atoms with Gasteiger partial charge < -0.3 is 4.74 Å². The Morgan fingerprint density at radius 3 is 2.73 bits per heavy atom. The van der Waals surface area contributed by atoms with Gasteiger partial charge in [-0.15, -0.1) is 6.58 Å². The monoisotopic (exact) mass is 154 g/mol. The Kier molecular flexibility index (Phi) is 2.32. The highest BCUT2D eigenvalue weighted by Gasteiger charge is 2.49. The maximum absolute atomic E-state index is 11.2. The molecule has 1 fully saturated rings. The second kappa shape index (κ2) is 3.07. The molecular weight excluding hydrogens is 140 g/mol. The average molecular weight is 154 g/mol. The van der Waals surface area contributed by atoms with Crippen molar-refractivity contribution in [2.75, 3.05) is 6.61 Å². The van der Waals surface area contributed by atoms with Crippen LogP contribution in [0, 0.1) is 5.41 Å². The number of rotatable bonds is 4. The molecule has 11 heavy (non-hydrogen) atoms. The summed E-state index contributed by atoms with van der Waals surface area (Å²) in [5.74, 6) is -0.0418. The first-order valence-corrected chi connectivity index (χ1v) is 4.03. The predicted molar refractivity (Wildman–Crippen MR) is 43.1 cm³/mol. The molecule has 1 aliphatic carbocycles. The largest absolute Gasteiger partial charge is 0.466 e. The van der Waals surface area contributed by atoms with Crippen molar-refractivity contribution < 1.29 is 9.53 Å². The van der Waals surface area contributed by atoms with E-state index in [0.29, 0.717) is 6.61 Å². The molecular formula is C9H14O2. The van der Waals surface area contributed by atoms with Crippen molar-refractivity contribution >= 4 is 5.97 Å². The minimum absolute atomic E-state index is 0.0418. The van der Waals surface area contributed by atoms with Gasteiger partial charge in [0, 0.05) is 0 Å². The van der Waals surface area contributed by atoms with E-state index >= 15 is 0 Å². The number of esters is 1. The van der Waals surface area contributed by atoms with Crippen LogP contribution in [0.25, 0.3) is 0 Å². The molecule has 0 spiro atoms. The summed E-state index contributed by atoms with van der Waals surface area (Å²) in [7, 11) is 0. The van der Waals surface area contributed by atoms with Crippen LogP contribution >= 0.6 is 0 Å². The van der Waals surface area contributed by atoms with Gasteiger partial charge in [-0.2, -0.15) is 0 Å². The third-order valence-electron chi connectivity index (χ3n) is 2.10. The van der Waals surface area contributed by atoms with Crippen LogP contribution < -0.4 is 0 Å². The summed E-state index contributed by atoms with van der Waals surface area (Å²) in [5.41, 5.74) is -0.169. The molecule has 1 aliphatic rings. The fourth-order valence-electron chi connectivity index (χ4n) is 1.20. The number of carbonyl (C=O) groups excluding carboxylic acids is 1. The molecule has 62 valence electrons. The second-order valence-electron chi connectivity index (χ2n) is 2.99. The lowest BCUT2D eigenvalue weighted by molar-refractivity contribution is -0.149. The zero-order chi connectivity index (χ0) is 8.32. The molecule has 2 heteroatoms. The van der Waals surface area contributed by atoms with Gasteiger partial charge in [-0.1, -0.05) is 6.08 Å². The molecule has 0 bridgehead atoms. The molecule has 0 saturated heterocycles. The first kappa shape index (κ1) is 8.31. The zero-order valence-corrected chi connectivity index (χ0v) is 6.93. The molecule has 0 N–H and O–H groups in total. The van der Waals surface area contributed by atoms with Crippen molar-refractivity contribution in [2.45, 2.75) is 26.2 Å². The lowest BCUT2D eigenvalue weighted by atomic mass is 10.0. The Morgan fingerprint density at radius 1 is 1.73 bits per heavy atom. The van der Waals surface area contributed by atoms with Crippen molar-refractivity contribution in [2.24, 2.45) is 5.41 Å². The standard InChI is InChI=1S/C9H14O2/c1-3-5-9(6-7-9)8(10)11-4-2/h3H,1,4-7H2,2H3. The quantitative estimate of drug-likeness (QED) is 0.456. The lowest BCUT2D eigenvalue weighted by Crippen LogP contribution is -2.18. The minimum Gasteiger partial charge on any atom is -0.466 e. The van der Waals surface area contributed by atoms with Crippen LogP contribution in [0.5, 0.6) is 0 Å². The highest BCUT2D eigenvalue weighted by molar-refractivity contribution is 5.80. The van der Waals surface area contributed by atoms with Gasteiger partial charge in [0.1, 0.15) is 0 Å². The van der Waals surface area contributed by atoms with Crippen LogP contribution in [-0.2, 0) is 9.53 Å². The van der Waals surface area contributed by atoms with E-state index in [9.17, 15) is 4.79 Å². The van der Waals surface area contributed by atoms with E-state index < -0.39 is 0 Å². The number of carbonyl (C=O) groups is 1. The SMILES string of the molecule is C=CCC1(C(=O)OCC)CC1. The zero-order valence-electron chi connectivity index (χ0n) is 6.93. The molecule has 0 aliphatic heterocycles. The van der Waals surface area contributed by atoms with Crippen LogP contribution in [0.3, 0.4) is 0 Å². The van der Waals surface area contributed by atoms with Crippen molar-refractivity contribution in [1.29, 1.82) is 0 Å². The number of hydrogen-bond acceptors (Lipinski definition) is 2. The molecule has 0 aromatic carbocycles. The van der Waals surface area contributed by atoms with Crippen molar-refractivity contribution in [3.05, 3.63) is 12.7 Å². The van der Waals surface area contributed by atoms with Crippen LogP contribution in [0.4, 0.5) is 0 Å². The summed E-state index contributed by atoms with van der Waals surface area (Å²) in [4.78, 5) is 11.2. The second-order valence-corrected chi connectivity index (χ2v) is 2.99. The molecule has 1 rings (SSSR count). The molecule has 0 radical (unpaired) electrons. The highest BCUT2D eigenvalue weighted by atomic mass is 16.5. The summed E-state index contributed by atoms with van der Waals surface area (Å²) in [5, 5.41) is 0. The minimum atomic E-state index is -0.169. The van der Waals surface area contributed by atoms with Gasteiger partial charge >= 0.3 is 5.97 Å². The van der Waals surface area contributed by atoms with Gasteiger partial charge in [0.25, 0.3) is 0 Å². The van der Waals surface area contributed by atoms with E-state index in [2.05, 4.69) is 6.58 Å². The predicted octanol–water partition coefficient (Wildman–Crippen LogP) is 1.91. The van der Waals surface area contributed by atoms with Crippen LogP contribution in [0.1, 0.15) is 26.2 Å². The molecule has 0 atom stereocenters. The highest BCUT2D eigenvalue weighted by Crippen LogP contribution is 2.49. The summed E-state index contributed by atoms with van der Waals surface area (Å²) < 4.78 is 4.94. The van der Waals surface area contributed by atoms with Crippen molar-refractivity contribution in [3.63, 3.8) is 0 Å². The first-order valence-electron chi connectivity index (χ1n) is 4.03. The van der Waals surface area contributed by atoms with Crippen LogP contribution in [0.15, 0.2) is 12.7 Å². The van der Waals surface area contributed by atoms with E-state index in [1.165, 1.54) is 0 Å². The summed E-state index contributed by atoms with van der Waals surface area (Å²) in [6.45, 7) is 5.94. The van der Waals surface area contributed by atoms with Gasteiger partial charge in [0.05, 0.1) is 12.0 Å². The Balaban J connectivity index is 2.44. The van der Waals surface area contributed by atoms with Crippen molar-refractivity contribution in [1.82, 2.24) is 0 Å². The lowest BCUT2D eigenvalue weighted by Gasteiger charge is -2.09. The van der Waals surface area contributed by atoms with E-state index in [1.54, 1.807) is 6.08 Å². The van der Waals surface area contributed by atoms with E-state index in [-0.39, 0.29) is 11.4 Å². The number of ether oxygens (including phenoxy) is 1. The normalized spacial score (nSPS) is 19.0. The maximum Gasteiger partial charge on any atom is 0.312 e. The van der Waals surface area contributed by atoms with E-state index in [1.807, 2.05) is 6.92 Å². The molecule has 0 heterocycles. The van der Waals surface area contributed by atoms with Gasteiger partial charge in [-0.3, -0.25) is 4.79 Å². The Labute approximate surface area is 67.2 Å². The first-order chi connectivity index (χ1) is 5.25. The number of allylic oxidation sites excluding steroid dienone is 1. The van der Waals surface area contributed by atoms with E-state index in [0.717, 1.165) is 19.3 Å². The fourth-order valence-corrected chi connectivity index (χ4v) is 1.20. The maximum atomic E-state index is 11.2. The molecule has 0 aromatic heterocycles. The summed E-state index contributed by atoms with van der Waals surface area (Å²) >= 11 is 0. The van der Waals surface area contributed by atoms with Gasteiger partial charge in [0.2, 0.25) is 0 Å². The van der Waals surface area contributed by atoms with E-state index in [4.69, 9.17) is 4.74 Å². The van der Waals surface area contributed by atoms with Crippen molar-refractivity contribution in [3.8, 4) is 0 Å². The fraction of sp³-hybridized carbons (Fsp3) is 0.667. The smallest absolute Gasteiger partial charge is 0.312 e. The van der Waals surface area contributed by atoms with Gasteiger partial charge in [-0.25, -0.2) is 0 Å². The Hall–Kier alpha value is -0.790. The molecule has 0 aromatic rings. The average Bonchev–Trinajstić information content (AvgIpc) is 2.71.